The summed E-state index contributed by atoms with van der Waals surface area (Å²) < 4.78 is 8.34. The van der Waals surface area contributed by atoms with Crippen molar-refractivity contribution in [2.24, 2.45) is 0 Å². The average molecular weight is 228 g/mol. The monoisotopic (exact) mass is 226 g/mol. The van der Waals surface area contributed by atoms with E-state index < -0.39 is 0 Å². The predicted molar refractivity (Wildman–Crippen MR) is 10.6 cm³/mol. The van der Waals surface area contributed by atoms with Crippen molar-refractivity contribution in [3.8, 4) is 0 Å². The summed E-state index contributed by atoms with van der Waals surface area (Å²) in [5.41, 5.74) is 0. The molecule has 0 aromatic carbocycles. The molecule has 0 spiro atoms. The van der Waals surface area contributed by atoms with E-state index in [0.717, 1.165) is 0 Å². The van der Waals surface area contributed by atoms with Gasteiger partial charge in [0.15, 0.2) is 17.4 Å². The summed E-state index contributed by atoms with van der Waals surface area (Å²) in [4.78, 5) is 0. The third-order valence-electron chi connectivity index (χ3n) is 0. The molecule has 0 radical (unpaired) electrons. The van der Waals surface area contributed by atoms with E-state index in [0.29, 0.717) is 24.7 Å². The van der Waals surface area contributed by atoms with Crippen molar-refractivity contribution in [3.05, 3.63) is 0 Å². The summed E-state index contributed by atoms with van der Waals surface area (Å²) in [6.07, 6.45) is 0. The molecule has 0 aromatic heterocycles. The zero-order valence-corrected chi connectivity index (χ0v) is 6.32. The van der Waals surface area contributed by atoms with Gasteiger partial charge in [0.1, 0.15) is 0 Å². The number of hydrogen-bond acceptors (Lipinski definition) is 1. The maximum absolute atomic E-state index is 8.34. The Hall–Kier alpha value is 2.10. The van der Waals surface area contributed by atoms with Crippen LogP contribution in [-0.4, -0.2) is 17.4 Å². The summed E-state index contributed by atoms with van der Waals surface area (Å²) in [6, 6.07) is 0. The Labute approximate surface area is 70.1 Å². The van der Waals surface area contributed by atoms with Crippen LogP contribution in [0.1, 0.15) is 0 Å². The summed E-state index contributed by atoms with van der Waals surface area (Å²) in [7, 11) is 0. The summed E-state index contributed by atoms with van der Waals surface area (Å²) >= 11 is 0.300. The fourth-order valence-electron chi connectivity index (χ4n) is 0. The molecule has 4 heteroatoms. The molecular formula is H3AlOZr2. The van der Waals surface area contributed by atoms with Gasteiger partial charge in [0.05, 0.1) is 0 Å². The van der Waals surface area contributed by atoms with Gasteiger partial charge in [-0.25, -0.2) is 0 Å². The first-order valence-electron chi connectivity index (χ1n) is 0.204. The zero-order valence-electron chi connectivity index (χ0n) is 1.41. The van der Waals surface area contributed by atoms with Crippen molar-refractivity contribution < 1.29 is 53.7 Å². The molecule has 0 heterocycles. The standard InChI is InChI=1S/Al.O.2Zr.3H. The molecule has 0 amide bonds. The van der Waals surface area contributed by atoms with Gasteiger partial charge in [-0.1, -0.05) is 0 Å². The van der Waals surface area contributed by atoms with Gasteiger partial charge in [0, 0.05) is 26.2 Å². The van der Waals surface area contributed by atoms with E-state index in [-0.39, 0.29) is 43.6 Å². The van der Waals surface area contributed by atoms with Crippen molar-refractivity contribution in [1.29, 1.82) is 0 Å². The third-order valence-corrected chi connectivity index (χ3v) is 0. The van der Waals surface area contributed by atoms with Crippen LogP contribution in [0, 0.1) is 0 Å². The third kappa shape index (κ3) is 8.94. The van der Waals surface area contributed by atoms with E-state index in [1.165, 1.54) is 0 Å². The van der Waals surface area contributed by atoms with Crippen LogP contribution in [0.2, 0.25) is 0 Å². The SMILES string of the molecule is [AlH3].[O]=[Zr].[Zr]. The summed E-state index contributed by atoms with van der Waals surface area (Å²) in [6.45, 7) is 0. The second kappa shape index (κ2) is 19.4. The van der Waals surface area contributed by atoms with Crippen molar-refractivity contribution in [2.75, 3.05) is 0 Å². The van der Waals surface area contributed by atoms with Crippen molar-refractivity contribution >= 4 is 17.4 Å². The molecule has 4 heavy (non-hydrogen) atoms. The van der Waals surface area contributed by atoms with Crippen LogP contribution < -0.4 is 0 Å². The Balaban J connectivity index is -0.00000000500. The van der Waals surface area contributed by atoms with Gasteiger partial charge in [-0.15, -0.1) is 0 Å². The number of hydrogen-bond donors (Lipinski definition) is 0. The zero-order chi connectivity index (χ0) is 2.00. The Morgan fingerprint density at radius 2 is 1.25 bits per heavy atom. The predicted octanol–water partition coefficient (Wildman–Crippen LogP) is -1.31. The van der Waals surface area contributed by atoms with E-state index in [1.54, 1.807) is 0 Å². The molecule has 0 bridgehead atoms. The smallest absolute Gasteiger partial charge is 0 e. The van der Waals surface area contributed by atoms with Crippen LogP contribution in [0.3, 0.4) is 0 Å². The molecule has 0 fully saturated rings. The minimum absolute atomic E-state index is 0. The average Bonchev–Trinajstić information content (AvgIpc) is 1.00. The van der Waals surface area contributed by atoms with E-state index in [9.17, 15) is 0 Å². The Morgan fingerprint density at radius 1 is 1.25 bits per heavy atom. The topological polar surface area (TPSA) is 17.1 Å². The van der Waals surface area contributed by atoms with E-state index in [1.807, 2.05) is 0 Å². The molecule has 0 aliphatic rings. The fraction of sp³-hybridized carbons (Fsp3) is 0. The van der Waals surface area contributed by atoms with Crippen LogP contribution >= 0.6 is 0 Å². The molecule has 1 nitrogen and oxygen atoms in total. The van der Waals surface area contributed by atoms with E-state index in [2.05, 4.69) is 0 Å². The maximum atomic E-state index is 8.34. The first-order chi connectivity index (χ1) is 1.00. The molecule has 0 aliphatic heterocycles. The van der Waals surface area contributed by atoms with Gasteiger partial charge in [0.25, 0.3) is 0 Å². The molecule has 20 valence electrons. The first kappa shape index (κ1) is 16.5. The van der Waals surface area contributed by atoms with Crippen molar-refractivity contribution in [1.82, 2.24) is 0 Å². The second-order valence-corrected chi connectivity index (χ2v) is 0. The van der Waals surface area contributed by atoms with Crippen molar-refractivity contribution in [2.45, 2.75) is 0 Å². The van der Waals surface area contributed by atoms with Gasteiger partial charge in [-0.3, -0.25) is 0 Å². The second-order valence-electron chi connectivity index (χ2n) is 0. The summed E-state index contributed by atoms with van der Waals surface area (Å²) in [5, 5.41) is 0. The molecule has 0 N–H and O–H groups in total. The van der Waals surface area contributed by atoms with Gasteiger partial charge >= 0.3 is 27.5 Å². The van der Waals surface area contributed by atoms with Gasteiger partial charge in [-0.2, -0.15) is 0 Å². The first-order valence-corrected chi connectivity index (χ1v) is 1.21. The molecule has 0 rings (SSSR count). The van der Waals surface area contributed by atoms with Gasteiger partial charge in [-0.05, 0) is 0 Å². The quantitative estimate of drug-likeness (QED) is 0.471. The molecule has 0 aliphatic carbocycles. The Kier molecular flexibility index (Phi) is 80.3. The molecule has 0 aromatic rings. The normalized spacial score (nSPS) is 0.750. The van der Waals surface area contributed by atoms with Crippen molar-refractivity contribution in [3.63, 3.8) is 0 Å². The minimum atomic E-state index is 0. The minimum Gasteiger partial charge on any atom is 0 e. The largest absolute Gasteiger partial charge is 0 e. The Bertz CT molecular complexity index is 6.00. The molecule has 0 saturated carbocycles. The van der Waals surface area contributed by atoms with Crippen LogP contribution in [-0.2, 0) is 53.7 Å². The number of rotatable bonds is 0. The van der Waals surface area contributed by atoms with Crippen LogP contribution in [0.5, 0.6) is 0 Å². The molecular weight excluding hydrogens is 225 g/mol. The molecule has 0 saturated heterocycles. The molecule has 0 unspecified atom stereocenters. The Morgan fingerprint density at radius 3 is 1.25 bits per heavy atom. The van der Waals surface area contributed by atoms with Gasteiger partial charge in [0.2, 0.25) is 0 Å². The van der Waals surface area contributed by atoms with Crippen LogP contribution in [0.15, 0.2) is 0 Å². The summed E-state index contributed by atoms with van der Waals surface area (Å²) in [5.74, 6) is 0. The maximum Gasteiger partial charge on any atom is 0 e. The van der Waals surface area contributed by atoms with Crippen LogP contribution in [0.25, 0.3) is 0 Å². The molecule has 0 atom stereocenters. The van der Waals surface area contributed by atoms with Gasteiger partial charge < -0.3 is 0 Å². The fourth-order valence-corrected chi connectivity index (χ4v) is 0. The van der Waals surface area contributed by atoms with E-state index in [4.69, 9.17) is 2.81 Å². The van der Waals surface area contributed by atoms with Crippen LogP contribution in [0.4, 0.5) is 0 Å². The van der Waals surface area contributed by atoms with E-state index >= 15 is 0 Å².